The van der Waals surface area contributed by atoms with Gasteiger partial charge in [0, 0.05) is 30.9 Å². The van der Waals surface area contributed by atoms with Crippen LogP contribution in [0.5, 0.6) is 0 Å². The molecule has 0 amide bonds. The Balaban J connectivity index is 1.82. The summed E-state index contributed by atoms with van der Waals surface area (Å²) < 4.78 is 89.7. The highest BCUT2D eigenvalue weighted by atomic mass is 32.2. The summed E-state index contributed by atoms with van der Waals surface area (Å²) in [6, 6.07) is 5.13. The first-order valence-electron chi connectivity index (χ1n) is 8.16. The van der Waals surface area contributed by atoms with Gasteiger partial charge in [-0.2, -0.15) is 13.2 Å². The van der Waals surface area contributed by atoms with E-state index in [-0.39, 0.29) is 17.9 Å². The SMILES string of the molecule is NS(=O)(=O)c1ccc(NC2CCN(c3ccc(F)cc3F)C2)c(C(F)(F)F)c1. The van der Waals surface area contributed by atoms with E-state index in [4.69, 9.17) is 5.14 Å². The molecule has 3 rings (SSSR count). The van der Waals surface area contributed by atoms with Gasteiger partial charge < -0.3 is 10.2 Å². The number of benzene rings is 2. The predicted octanol–water partition coefficient (Wildman–Crippen LogP) is 3.32. The van der Waals surface area contributed by atoms with Gasteiger partial charge in [-0.1, -0.05) is 0 Å². The van der Waals surface area contributed by atoms with Crippen molar-refractivity contribution >= 4 is 21.4 Å². The van der Waals surface area contributed by atoms with Crippen molar-refractivity contribution in [1.82, 2.24) is 0 Å². The second-order valence-electron chi connectivity index (χ2n) is 6.42. The topological polar surface area (TPSA) is 75.4 Å². The maximum Gasteiger partial charge on any atom is 0.418 e. The van der Waals surface area contributed by atoms with Crippen molar-refractivity contribution < 1.29 is 30.4 Å². The van der Waals surface area contributed by atoms with Crippen LogP contribution in [0.1, 0.15) is 12.0 Å². The lowest BCUT2D eigenvalue weighted by Gasteiger charge is -2.22. The quantitative estimate of drug-likeness (QED) is 0.743. The van der Waals surface area contributed by atoms with E-state index in [9.17, 15) is 30.4 Å². The Morgan fingerprint density at radius 1 is 1.11 bits per heavy atom. The molecular weight excluding hydrogens is 405 g/mol. The maximum absolute atomic E-state index is 13.9. The Morgan fingerprint density at radius 3 is 2.43 bits per heavy atom. The lowest BCUT2D eigenvalue weighted by atomic mass is 10.1. The summed E-state index contributed by atoms with van der Waals surface area (Å²) in [5.74, 6) is -1.48. The van der Waals surface area contributed by atoms with E-state index >= 15 is 0 Å². The van der Waals surface area contributed by atoms with Crippen LogP contribution in [-0.2, 0) is 16.2 Å². The van der Waals surface area contributed by atoms with Gasteiger partial charge in [0.15, 0.2) is 0 Å². The average Bonchev–Trinajstić information content (AvgIpc) is 3.01. The zero-order chi connectivity index (χ0) is 20.7. The number of halogens is 5. The van der Waals surface area contributed by atoms with E-state index < -0.39 is 44.3 Å². The van der Waals surface area contributed by atoms with Crippen LogP contribution in [0.15, 0.2) is 41.3 Å². The molecule has 1 atom stereocenters. The molecule has 1 aliphatic heterocycles. The number of hydrogen-bond donors (Lipinski definition) is 2. The molecule has 2 aromatic carbocycles. The standard InChI is InChI=1S/C17H16F5N3O2S/c18-10-1-4-16(14(19)7-10)25-6-5-11(9-25)24-15-3-2-12(28(23,26)27)8-13(15)17(20,21)22/h1-4,7-8,11,24H,5-6,9H2,(H2,23,26,27). The van der Waals surface area contributed by atoms with Crippen LogP contribution in [0.3, 0.4) is 0 Å². The number of sulfonamides is 1. The van der Waals surface area contributed by atoms with Gasteiger partial charge >= 0.3 is 6.18 Å². The van der Waals surface area contributed by atoms with Crippen molar-refractivity contribution in [3.63, 3.8) is 0 Å². The van der Waals surface area contributed by atoms with E-state index in [2.05, 4.69) is 5.32 Å². The molecule has 1 saturated heterocycles. The van der Waals surface area contributed by atoms with Crippen molar-refractivity contribution in [3.8, 4) is 0 Å². The van der Waals surface area contributed by atoms with Crippen molar-refractivity contribution in [3.05, 3.63) is 53.6 Å². The predicted molar refractivity (Wildman–Crippen MR) is 93.4 cm³/mol. The molecule has 0 aromatic heterocycles. The van der Waals surface area contributed by atoms with Gasteiger partial charge in [-0.05, 0) is 36.8 Å². The van der Waals surface area contributed by atoms with Gasteiger partial charge in [0.05, 0.1) is 16.1 Å². The number of nitrogens with two attached hydrogens (primary N) is 1. The maximum atomic E-state index is 13.9. The monoisotopic (exact) mass is 421 g/mol. The Bertz CT molecular complexity index is 995. The van der Waals surface area contributed by atoms with E-state index in [1.165, 1.54) is 6.07 Å². The van der Waals surface area contributed by atoms with Crippen LogP contribution in [0.25, 0.3) is 0 Å². The highest BCUT2D eigenvalue weighted by Crippen LogP contribution is 2.37. The van der Waals surface area contributed by atoms with Crippen LogP contribution >= 0.6 is 0 Å². The molecule has 28 heavy (non-hydrogen) atoms. The lowest BCUT2D eigenvalue weighted by molar-refractivity contribution is -0.137. The Labute approximate surface area is 158 Å². The smallest absolute Gasteiger partial charge is 0.380 e. The summed E-state index contributed by atoms with van der Waals surface area (Å²) in [5, 5.41) is 7.64. The molecule has 2 aromatic rings. The van der Waals surface area contributed by atoms with Crippen LogP contribution in [0, 0.1) is 11.6 Å². The van der Waals surface area contributed by atoms with Gasteiger partial charge in [-0.3, -0.25) is 0 Å². The van der Waals surface area contributed by atoms with Crippen molar-refractivity contribution in [2.45, 2.75) is 23.5 Å². The van der Waals surface area contributed by atoms with Crippen LogP contribution < -0.4 is 15.4 Å². The molecule has 5 nitrogen and oxygen atoms in total. The second kappa shape index (κ2) is 7.21. The van der Waals surface area contributed by atoms with Crippen LogP contribution in [0.4, 0.5) is 33.3 Å². The molecular formula is C17H16F5N3O2S. The molecule has 1 aliphatic rings. The third kappa shape index (κ3) is 4.36. The summed E-state index contributed by atoms with van der Waals surface area (Å²) in [4.78, 5) is 0.949. The first kappa shape index (κ1) is 20.3. The summed E-state index contributed by atoms with van der Waals surface area (Å²) in [6.07, 6.45) is -4.39. The van der Waals surface area contributed by atoms with E-state index in [1.54, 1.807) is 4.90 Å². The molecule has 152 valence electrons. The molecule has 0 radical (unpaired) electrons. The second-order valence-corrected chi connectivity index (χ2v) is 7.98. The summed E-state index contributed by atoms with van der Waals surface area (Å²) in [6.45, 7) is 0.549. The first-order valence-corrected chi connectivity index (χ1v) is 9.70. The molecule has 3 N–H and O–H groups in total. The van der Waals surface area contributed by atoms with E-state index in [1.807, 2.05) is 0 Å². The molecule has 0 aliphatic carbocycles. The van der Waals surface area contributed by atoms with Crippen LogP contribution in [0.2, 0.25) is 0 Å². The third-order valence-corrected chi connectivity index (χ3v) is 5.33. The van der Waals surface area contributed by atoms with Gasteiger partial charge in [-0.25, -0.2) is 22.3 Å². The minimum atomic E-state index is -4.80. The molecule has 1 heterocycles. The number of nitrogens with one attached hydrogen (secondary N) is 1. The Hall–Kier alpha value is -2.40. The molecule has 11 heteroatoms. The Morgan fingerprint density at radius 2 is 1.82 bits per heavy atom. The van der Waals surface area contributed by atoms with Crippen molar-refractivity contribution in [2.24, 2.45) is 5.14 Å². The minimum Gasteiger partial charge on any atom is -0.380 e. The fraction of sp³-hybridized carbons (Fsp3) is 0.294. The minimum absolute atomic E-state index is 0.159. The number of hydrogen-bond acceptors (Lipinski definition) is 4. The van der Waals surface area contributed by atoms with Gasteiger partial charge in [-0.15, -0.1) is 0 Å². The molecule has 0 saturated carbocycles. The van der Waals surface area contributed by atoms with Crippen molar-refractivity contribution in [1.29, 1.82) is 0 Å². The highest BCUT2D eigenvalue weighted by molar-refractivity contribution is 7.89. The summed E-state index contributed by atoms with van der Waals surface area (Å²) >= 11 is 0. The number of nitrogens with zero attached hydrogens (tertiary/aromatic N) is 1. The third-order valence-electron chi connectivity index (χ3n) is 4.42. The van der Waals surface area contributed by atoms with Gasteiger partial charge in [0.2, 0.25) is 10.0 Å². The highest BCUT2D eigenvalue weighted by Gasteiger charge is 2.36. The normalized spacial score (nSPS) is 17.8. The molecule has 1 fully saturated rings. The summed E-state index contributed by atoms with van der Waals surface area (Å²) in [7, 11) is -4.29. The van der Waals surface area contributed by atoms with Gasteiger partial charge in [0.25, 0.3) is 0 Å². The van der Waals surface area contributed by atoms with Crippen LogP contribution in [-0.4, -0.2) is 27.5 Å². The fourth-order valence-corrected chi connectivity index (χ4v) is 3.66. The number of anilines is 2. The summed E-state index contributed by atoms with van der Waals surface area (Å²) in [5.41, 5.74) is -1.30. The Kier molecular flexibility index (Phi) is 5.24. The van der Waals surface area contributed by atoms with E-state index in [0.717, 1.165) is 24.3 Å². The van der Waals surface area contributed by atoms with Gasteiger partial charge in [0.1, 0.15) is 11.6 Å². The zero-order valence-corrected chi connectivity index (χ0v) is 15.1. The van der Waals surface area contributed by atoms with E-state index in [0.29, 0.717) is 19.0 Å². The molecule has 1 unspecified atom stereocenters. The lowest BCUT2D eigenvalue weighted by Crippen LogP contribution is -2.27. The average molecular weight is 421 g/mol. The largest absolute Gasteiger partial charge is 0.418 e. The first-order chi connectivity index (χ1) is 12.9. The number of alkyl halides is 3. The number of rotatable bonds is 4. The molecule has 0 spiro atoms. The fourth-order valence-electron chi connectivity index (χ4n) is 3.12. The number of primary sulfonamides is 1. The molecule has 0 bridgehead atoms. The van der Waals surface area contributed by atoms with Crippen molar-refractivity contribution in [2.75, 3.05) is 23.3 Å². The zero-order valence-electron chi connectivity index (χ0n) is 14.3.